The molecule has 0 bridgehead atoms. The van der Waals surface area contributed by atoms with Crippen LogP contribution in [-0.2, 0) is 19.4 Å². The molecule has 5 heteroatoms. The number of benzene rings is 1. The van der Waals surface area contributed by atoms with Crippen LogP contribution in [0.3, 0.4) is 0 Å². The second-order valence-corrected chi connectivity index (χ2v) is 7.45. The Bertz CT molecular complexity index is 921. The van der Waals surface area contributed by atoms with E-state index in [1.54, 1.807) is 6.33 Å². The number of carbonyl (C=O) groups excluding carboxylic acids is 1. The zero-order valence-corrected chi connectivity index (χ0v) is 17.1. The molecule has 3 aromatic rings. The van der Waals surface area contributed by atoms with Crippen molar-refractivity contribution in [2.45, 2.75) is 59.4 Å². The Morgan fingerprint density at radius 3 is 2.50 bits per heavy atom. The first kappa shape index (κ1) is 19.9. The number of primary amides is 1. The first-order chi connectivity index (χ1) is 13.5. The Morgan fingerprint density at radius 1 is 1.14 bits per heavy atom. The van der Waals surface area contributed by atoms with Gasteiger partial charge in [0.1, 0.15) is 0 Å². The Hall–Kier alpha value is -2.82. The summed E-state index contributed by atoms with van der Waals surface area (Å²) in [6.07, 6.45) is 8.76. The van der Waals surface area contributed by atoms with Crippen LogP contribution in [-0.4, -0.2) is 20.4 Å². The SMILES string of the molecule is CCCCCc1c(-c2ccc(C)cc2)c(C(N)=O)c(C)n1CCc1cnc[nH]1. The summed E-state index contributed by atoms with van der Waals surface area (Å²) in [7, 11) is 0. The average Bonchev–Trinajstić information content (AvgIpc) is 3.27. The van der Waals surface area contributed by atoms with E-state index in [9.17, 15) is 4.79 Å². The number of aromatic nitrogens is 3. The number of nitrogens with zero attached hydrogens (tertiary/aromatic N) is 2. The molecule has 0 radical (unpaired) electrons. The topological polar surface area (TPSA) is 76.7 Å². The minimum atomic E-state index is -0.356. The second kappa shape index (κ2) is 8.91. The predicted molar refractivity (Wildman–Crippen MR) is 113 cm³/mol. The molecule has 2 heterocycles. The molecule has 2 aromatic heterocycles. The van der Waals surface area contributed by atoms with E-state index in [0.29, 0.717) is 5.56 Å². The number of hydrogen-bond donors (Lipinski definition) is 2. The number of rotatable bonds is 9. The van der Waals surface area contributed by atoms with Gasteiger partial charge in [-0.1, -0.05) is 49.6 Å². The van der Waals surface area contributed by atoms with Crippen LogP contribution in [0.25, 0.3) is 11.1 Å². The van der Waals surface area contributed by atoms with Crippen molar-refractivity contribution in [3.63, 3.8) is 0 Å². The Balaban J connectivity index is 2.09. The second-order valence-electron chi connectivity index (χ2n) is 7.45. The van der Waals surface area contributed by atoms with E-state index in [1.165, 1.54) is 17.7 Å². The molecule has 0 unspecified atom stereocenters. The summed E-state index contributed by atoms with van der Waals surface area (Å²) in [5, 5.41) is 0. The zero-order chi connectivity index (χ0) is 20.1. The molecule has 28 heavy (non-hydrogen) atoms. The van der Waals surface area contributed by atoms with E-state index >= 15 is 0 Å². The van der Waals surface area contributed by atoms with Crippen molar-refractivity contribution in [3.05, 3.63) is 65.0 Å². The number of hydrogen-bond acceptors (Lipinski definition) is 2. The third-order valence-corrected chi connectivity index (χ3v) is 5.39. The lowest BCUT2D eigenvalue weighted by atomic mass is 9.96. The molecule has 3 rings (SSSR count). The van der Waals surface area contributed by atoms with Gasteiger partial charge in [0.2, 0.25) is 0 Å². The maximum Gasteiger partial charge on any atom is 0.251 e. The first-order valence-corrected chi connectivity index (χ1v) is 10.1. The summed E-state index contributed by atoms with van der Waals surface area (Å²) in [4.78, 5) is 19.7. The summed E-state index contributed by atoms with van der Waals surface area (Å²) >= 11 is 0. The van der Waals surface area contributed by atoms with E-state index in [2.05, 4.69) is 52.6 Å². The number of aromatic amines is 1. The molecule has 0 fully saturated rings. The molecular formula is C23H30N4O. The normalized spacial score (nSPS) is 11.1. The molecule has 0 spiro atoms. The number of amides is 1. The molecule has 5 nitrogen and oxygen atoms in total. The van der Waals surface area contributed by atoms with Gasteiger partial charge >= 0.3 is 0 Å². The van der Waals surface area contributed by atoms with Crippen LogP contribution in [0.1, 0.15) is 59.2 Å². The smallest absolute Gasteiger partial charge is 0.251 e. The highest BCUT2D eigenvalue weighted by Gasteiger charge is 2.24. The summed E-state index contributed by atoms with van der Waals surface area (Å²) in [6, 6.07) is 8.37. The van der Waals surface area contributed by atoms with Gasteiger partial charge in [-0.3, -0.25) is 4.79 Å². The average molecular weight is 379 g/mol. The summed E-state index contributed by atoms with van der Waals surface area (Å²) in [6.45, 7) is 7.08. The fourth-order valence-electron chi connectivity index (χ4n) is 3.89. The Labute approximate surface area is 167 Å². The highest BCUT2D eigenvalue weighted by molar-refractivity contribution is 6.02. The molecule has 1 aromatic carbocycles. The molecular weight excluding hydrogens is 348 g/mol. The number of aryl methyl sites for hydroxylation is 2. The molecule has 1 amide bonds. The highest BCUT2D eigenvalue weighted by atomic mass is 16.1. The van der Waals surface area contributed by atoms with Crippen molar-refractivity contribution < 1.29 is 4.79 Å². The zero-order valence-electron chi connectivity index (χ0n) is 17.1. The third-order valence-electron chi connectivity index (χ3n) is 5.39. The van der Waals surface area contributed by atoms with Crippen LogP contribution in [0.4, 0.5) is 0 Å². The van der Waals surface area contributed by atoms with Crippen LogP contribution >= 0.6 is 0 Å². The molecule has 0 aliphatic carbocycles. The lowest BCUT2D eigenvalue weighted by molar-refractivity contribution is 0.1000. The first-order valence-electron chi connectivity index (χ1n) is 10.1. The van der Waals surface area contributed by atoms with Crippen LogP contribution in [0, 0.1) is 13.8 Å². The molecule has 148 valence electrons. The van der Waals surface area contributed by atoms with Gasteiger partial charge in [-0.05, 0) is 32.3 Å². The number of nitrogens with two attached hydrogens (primary N) is 1. The van der Waals surface area contributed by atoms with Crippen LogP contribution in [0.2, 0.25) is 0 Å². The van der Waals surface area contributed by atoms with Crippen LogP contribution in [0.15, 0.2) is 36.8 Å². The Kier molecular flexibility index (Phi) is 6.34. The van der Waals surface area contributed by atoms with E-state index in [-0.39, 0.29) is 5.91 Å². The summed E-state index contributed by atoms with van der Waals surface area (Å²) in [5.41, 5.74) is 13.0. The van der Waals surface area contributed by atoms with Crippen molar-refractivity contribution in [2.24, 2.45) is 5.73 Å². The fraction of sp³-hybridized carbons (Fsp3) is 0.391. The largest absolute Gasteiger partial charge is 0.366 e. The molecule has 0 aliphatic rings. The van der Waals surface area contributed by atoms with Crippen LogP contribution < -0.4 is 5.73 Å². The molecule has 0 atom stereocenters. The van der Waals surface area contributed by atoms with Gasteiger partial charge in [-0.2, -0.15) is 0 Å². The van der Waals surface area contributed by atoms with Gasteiger partial charge in [0.05, 0.1) is 11.9 Å². The molecule has 0 aliphatic heterocycles. The van der Waals surface area contributed by atoms with Gasteiger partial charge in [-0.15, -0.1) is 0 Å². The summed E-state index contributed by atoms with van der Waals surface area (Å²) < 4.78 is 2.28. The highest BCUT2D eigenvalue weighted by Crippen LogP contribution is 2.34. The number of imidazole rings is 1. The van der Waals surface area contributed by atoms with E-state index < -0.39 is 0 Å². The number of carbonyl (C=O) groups is 1. The number of nitrogens with one attached hydrogen (secondary N) is 1. The van der Waals surface area contributed by atoms with Crippen LogP contribution in [0.5, 0.6) is 0 Å². The van der Waals surface area contributed by atoms with Gasteiger partial charge < -0.3 is 15.3 Å². The van der Waals surface area contributed by atoms with Gasteiger partial charge in [0, 0.05) is 41.8 Å². The monoisotopic (exact) mass is 378 g/mol. The lowest BCUT2D eigenvalue weighted by Crippen LogP contribution is -2.14. The van der Waals surface area contributed by atoms with Gasteiger partial charge in [0.25, 0.3) is 5.91 Å². The number of H-pyrrole nitrogens is 1. The quantitative estimate of drug-likeness (QED) is 0.535. The van der Waals surface area contributed by atoms with Crippen molar-refractivity contribution in [2.75, 3.05) is 0 Å². The molecule has 0 saturated heterocycles. The third kappa shape index (κ3) is 4.19. The standard InChI is InChI=1S/C23H30N4O/c1-4-5-6-7-20-22(18-10-8-16(2)9-11-18)21(23(24)28)17(3)27(20)13-12-19-14-25-15-26-19/h8-11,14-15H,4-7,12-13H2,1-3H3,(H2,24,28)(H,25,26). The molecule has 3 N–H and O–H groups in total. The maximum atomic E-state index is 12.4. The minimum Gasteiger partial charge on any atom is -0.366 e. The number of unbranched alkanes of at least 4 members (excludes halogenated alkanes) is 2. The fourth-order valence-corrected chi connectivity index (χ4v) is 3.89. The lowest BCUT2D eigenvalue weighted by Gasteiger charge is -2.13. The van der Waals surface area contributed by atoms with E-state index in [0.717, 1.165) is 54.7 Å². The summed E-state index contributed by atoms with van der Waals surface area (Å²) in [5.74, 6) is -0.356. The van der Waals surface area contributed by atoms with Crippen molar-refractivity contribution >= 4 is 5.91 Å². The minimum absolute atomic E-state index is 0.356. The van der Waals surface area contributed by atoms with Crippen molar-refractivity contribution in [3.8, 4) is 11.1 Å². The van der Waals surface area contributed by atoms with Gasteiger partial charge in [-0.25, -0.2) is 4.98 Å². The Morgan fingerprint density at radius 2 is 1.89 bits per heavy atom. The van der Waals surface area contributed by atoms with Gasteiger partial charge in [0.15, 0.2) is 0 Å². The maximum absolute atomic E-state index is 12.4. The van der Waals surface area contributed by atoms with E-state index in [4.69, 9.17) is 5.73 Å². The predicted octanol–water partition coefficient (Wildman–Crippen LogP) is 4.57. The molecule has 0 saturated carbocycles. The van der Waals surface area contributed by atoms with Crippen molar-refractivity contribution in [1.82, 2.24) is 14.5 Å². The van der Waals surface area contributed by atoms with Crippen molar-refractivity contribution in [1.29, 1.82) is 0 Å². The van der Waals surface area contributed by atoms with E-state index in [1.807, 2.05) is 13.1 Å².